The van der Waals surface area contributed by atoms with Gasteiger partial charge >= 0.3 is 53.1 Å². The summed E-state index contributed by atoms with van der Waals surface area (Å²) >= 11 is 0.312. The van der Waals surface area contributed by atoms with Gasteiger partial charge in [-0.25, -0.2) is 22.3 Å². The van der Waals surface area contributed by atoms with Crippen molar-refractivity contribution in [3.8, 4) is 0 Å². The van der Waals surface area contributed by atoms with Crippen LogP contribution in [-0.4, -0.2) is 15.4 Å². The molecule has 4 heteroatoms. The number of allylic oxidation sites excluding steroid dienone is 8. The van der Waals surface area contributed by atoms with Gasteiger partial charge in [-0.1, -0.05) is 39.5 Å². The van der Waals surface area contributed by atoms with Crippen molar-refractivity contribution in [3.63, 3.8) is 0 Å². The van der Waals surface area contributed by atoms with Gasteiger partial charge < -0.3 is 24.8 Å². The van der Waals surface area contributed by atoms with Gasteiger partial charge in [0.1, 0.15) is 0 Å². The van der Waals surface area contributed by atoms with Crippen molar-refractivity contribution in [2.24, 2.45) is 11.8 Å². The smallest absolute Gasteiger partial charge is 1.00 e. The van der Waals surface area contributed by atoms with Crippen molar-refractivity contribution in [3.05, 3.63) is 46.6 Å². The molecule has 2 atom stereocenters. The SMILES string of the molecule is CC1=[C-]C(C)C=C1C.CC1=[C-]C(C)C=C1C.[CH3][GeH][CH3].[Cl-].[Cl-].[Zr+4]. The van der Waals surface area contributed by atoms with Gasteiger partial charge in [-0.2, -0.15) is 12.2 Å². The average molecular weight is 480 g/mol. The van der Waals surface area contributed by atoms with Gasteiger partial charge in [0, 0.05) is 0 Å². The summed E-state index contributed by atoms with van der Waals surface area (Å²) in [4.78, 5) is 0. The maximum atomic E-state index is 3.29. The molecular formula is C18H29Cl2GeZr. The first-order valence-electron chi connectivity index (χ1n) is 7.13. The van der Waals surface area contributed by atoms with Crippen molar-refractivity contribution in [2.75, 3.05) is 0 Å². The zero-order valence-electron chi connectivity index (χ0n) is 15.1. The summed E-state index contributed by atoms with van der Waals surface area (Å²) < 4.78 is 0. The Morgan fingerprint density at radius 2 is 1.00 bits per heavy atom. The topological polar surface area (TPSA) is 0 Å². The van der Waals surface area contributed by atoms with Crippen LogP contribution in [0, 0.1) is 24.0 Å². The van der Waals surface area contributed by atoms with Gasteiger partial charge in [-0.15, -0.1) is 13.8 Å². The molecule has 2 aliphatic rings. The van der Waals surface area contributed by atoms with E-state index >= 15 is 0 Å². The van der Waals surface area contributed by atoms with Gasteiger partial charge in [-0.3, -0.25) is 12.2 Å². The molecule has 2 aliphatic carbocycles. The van der Waals surface area contributed by atoms with Gasteiger partial charge in [-0.05, 0) is 0 Å². The molecule has 123 valence electrons. The standard InChI is InChI=1S/2C8H11.C2H7Ge.2ClH.Zr/c2*1-6-4-7(2)8(3)5-6;1-3-2;;;/h2*4,6H,1-3H3;3H,1-2H3;2*1H;/q2*-1;;;;+4/p-2. The Labute approximate surface area is 176 Å². The van der Waals surface area contributed by atoms with E-state index in [2.05, 4.69) is 77.4 Å². The Bertz CT molecular complexity index is 335. The molecule has 0 saturated carbocycles. The number of rotatable bonds is 0. The molecule has 0 aliphatic heterocycles. The third-order valence-corrected chi connectivity index (χ3v) is 3.07. The average Bonchev–Trinajstić information content (AvgIpc) is 2.72. The minimum Gasteiger partial charge on any atom is -1.00 e. The number of halogens is 2. The molecule has 0 aromatic carbocycles. The molecular weight excluding hydrogens is 451 g/mol. The first-order valence-corrected chi connectivity index (χ1v) is 12.0. The summed E-state index contributed by atoms with van der Waals surface area (Å²) in [6, 6.07) is 0. The van der Waals surface area contributed by atoms with Crippen LogP contribution in [0.25, 0.3) is 0 Å². The summed E-state index contributed by atoms with van der Waals surface area (Å²) in [7, 11) is 0. The third-order valence-electron chi connectivity index (χ3n) is 3.07. The van der Waals surface area contributed by atoms with Gasteiger partial charge in [0.2, 0.25) is 0 Å². The summed E-state index contributed by atoms with van der Waals surface area (Å²) in [6.07, 6.45) is 11.0. The second-order valence-electron chi connectivity index (χ2n) is 5.39. The zero-order chi connectivity index (χ0) is 15.0. The van der Waals surface area contributed by atoms with Crippen LogP contribution in [0.2, 0.25) is 11.5 Å². The summed E-state index contributed by atoms with van der Waals surface area (Å²) in [5, 5.41) is 0. The Balaban J connectivity index is -0.000000112. The van der Waals surface area contributed by atoms with E-state index in [0.717, 1.165) is 0 Å². The van der Waals surface area contributed by atoms with E-state index in [1.54, 1.807) is 0 Å². The minimum atomic E-state index is 0. The molecule has 0 bridgehead atoms. The van der Waals surface area contributed by atoms with Crippen LogP contribution in [0.1, 0.15) is 41.5 Å². The van der Waals surface area contributed by atoms with Gasteiger partial charge in [0.25, 0.3) is 0 Å². The molecule has 0 fully saturated rings. The van der Waals surface area contributed by atoms with Crippen molar-refractivity contribution >= 4 is 15.4 Å². The van der Waals surface area contributed by atoms with E-state index in [-0.39, 0.29) is 51.0 Å². The zero-order valence-corrected chi connectivity index (χ0v) is 21.5. The van der Waals surface area contributed by atoms with E-state index in [1.807, 2.05) is 0 Å². The maximum absolute atomic E-state index is 3.29. The third kappa shape index (κ3) is 13.4. The second-order valence-corrected chi connectivity index (χ2v) is 7.82. The Kier molecular flexibility index (Phi) is 23.5. The quantitative estimate of drug-likeness (QED) is 0.315. The van der Waals surface area contributed by atoms with Crippen LogP contribution in [0.4, 0.5) is 0 Å². The fraction of sp³-hybridized carbons (Fsp3) is 0.556. The molecule has 0 amide bonds. The predicted molar refractivity (Wildman–Crippen MR) is 89.6 cm³/mol. The molecule has 2 rings (SSSR count). The van der Waals surface area contributed by atoms with E-state index in [0.29, 0.717) is 27.3 Å². The van der Waals surface area contributed by atoms with E-state index in [4.69, 9.17) is 0 Å². The number of hydrogen-bond acceptors (Lipinski definition) is 0. The van der Waals surface area contributed by atoms with E-state index in [9.17, 15) is 0 Å². The van der Waals surface area contributed by atoms with Crippen LogP contribution < -0.4 is 24.8 Å². The Hall–Kier alpha value is 0.966. The molecule has 2 unspecified atom stereocenters. The Morgan fingerprint density at radius 1 is 0.773 bits per heavy atom. The summed E-state index contributed by atoms with van der Waals surface area (Å²) in [5.41, 5.74) is 5.41. The fourth-order valence-electron chi connectivity index (χ4n) is 1.99. The Morgan fingerprint density at radius 3 is 1.05 bits per heavy atom. The van der Waals surface area contributed by atoms with Crippen LogP contribution >= 0.6 is 0 Å². The van der Waals surface area contributed by atoms with Crippen molar-refractivity contribution in [1.29, 1.82) is 0 Å². The van der Waals surface area contributed by atoms with Gasteiger partial charge in [0.15, 0.2) is 0 Å². The molecule has 22 heavy (non-hydrogen) atoms. The summed E-state index contributed by atoms with van der Waals surface area (Å²) in [5.74, 6) is 5.66. The van der Waals surface area contributed by atoms with Crippen LogP contribution in [0.3, 0.4) is 0 Å². The first kappa shape index (κ1) is 30.8. The van der Waals surface area contributed by atoms with Crippen molar-refractivity contribution in [2.45, 2.75) is 53.1 Å². The van der Waals surface area contributed by atoms with Crippen LogP contribution in [0.5, 0.6) is 0 Å². The molecule has 0 N–H and O–H groups in total. The van der Waals surface area contributed by atoms with Crippen LogP contribution in [-0.2, 0) is 26.2 Å². The molecule has 0 spiro atoms. The second kappa shape index (κ2) is 16.8. The normalized spacial score (nSPS) is 20.9. The molecule has 0 aromatic heterocycles. The number of hydrogen-bond donors (Lipinski definition) is 0. The monoisotopic (exact) mass is 479 g/mol. The molecule has 0 saturated heterocycles. The fourth-order valence-corrected chi connectivity index (χ4v) is 1.99. The minimum absolute atomic E-state index is 0. The van der Waals surface area contributed by atoms with E-state index in [1.165, 1.54) is 22.3 Å². The first-order chi connectivity index (χ1) is 8.81. The van der Waals surface area contributed by atoms with Crippen molar-refractivity contribution < 1.29 is 51.0 Å². The maximum Gasteiger partial charge on any atom is 4.00 e. The largest absolute Gasteiger partial charge is 4.00 e. The van der Waals surface area contributed by atoms with Crippen molar-refractivity contribution in [1.82, 2.24) is 0 Å². The molecule has 0 aromatic rings. The van der Waals surface area contributed by atoms with E-state index < -0.39 is 0 Å². The molecule has 0 heterocycles. The summed E-state index contributed by atoms with van der Waals surface area (Å²) in [6.45, 7) is 12.8. The molecule has 0 nitrogen and oxygen atoms in total. The van der Waals surface area contributed by atoms with Gasteiger partial charge in [0.05, 0.1) is 0 Å². The predicted octanol–water partition coefficient (Wildman–Crippen LogP) is -0.812. The van der Waals surface area contributed by atoms with Crippen LogP contribution in [0.15, 0.2) is 34.4 Å². The molecule has 1 radical (unpaired) electrons.